The molecule has 0 aliphatic carbocycles. The summed E-state index contributed by atoms with van der Waals surface area (Å²) in [4.78, 5) is 19.3. The highest BCUT2D eigenvalue weighted by Gasteiger charge is 2.24. The Balaban J connectivity index is 1.73. The zero-order chi connectivity index (χ0) is 19.9. The van der Waals surface area contributed by atoms with Crippen LogP contribution in [0.3, 0.4) is 0 Å². The second-order valence-corrected chi connectivity index (χ2v) is 7.84. The van der Waals surface area contributed by atoms with E-state index in [0.717, 1.165) is 23.0 Å². The van der Waals surface area contributed by atoms with Crippen molar-refractivity contribution in [2.45, 2.75) is 26.2 Å². The lowest BCUT2D eigenvalue weighted by molar-refractivity contribution is -0.129. The van der Waals surface area contributed by atoms with Crippen LogP contribution < -0.4 is 4.74 Å². The van der Waals surface area contributed by atoms with Crippen molar-refractivity contribution in [3.05, 3.63) is 59.7 Å². The van der Waals surface area contributed by atoms with Gasteiger partial charge in [0, 0.05) is 12.3 Å². The van der Waals surface area contributed by atoms with Crippen LogP contribution in [0.2, 0.25) is 0 Å². The molecule has 5 nitrogen and oxygen atoms in total. The van der Waals surface area contributed by atoms with Crippen molar-refractivity contribution in [3.63, 3.8) is 0 Å². The average Bonchev–Trinajstić information content (AvgIpc) is 2.73. The van der Waals surface area contributed by atoms with Crippen LogP contribution >= 0.6 is 11.8 Å². The molecule has 0 bridgehead atoms. The molecule has 0 unspecified atom stereocenters. The first-order chi connectivity index (χ1) is 13.6. The van der Waals surface area contributed by atoms with Crippen molar-refractivity contribution in [1.82, 2.24) is 4.90 Å². The van der Waals surface area contributed by atoms with Gasteiger partial charge in [-0.15, -0.1) is 0 Å². The highest BCUT2D eigenvalue weighted by atomic mass is 32.2. The van der Waals surface area contributed by atoms with Crippen molar-refractivity contribution in [3.8, 4) is 11.8 Å². The summed E-state index contributed by atoms with van der Waals surface area (Å²) in [5, 5.41) is 9.58. The number of hydrogen-bond donors (Lipinski definition) is 0. The first-order valence-corrected chi connectivity index (χ1v) is 10.3. The second kappa shape index (κ2) is 9.43. The van der Waals surface area contributed by atoms with Gasteiger partial charge in [0.25, 0.3) is 5.91 Å². The van der Waals surface area contributed by atoms with Gasteiger partial charge in [0.15, 0.2) is 11.8 Å². The summed E-state index contributed by atoms with van der Waals surface area (Å²) in [6.07, 6.45) is 0.929. The van der Waals surface area contributed by atoms with Gasteiger partial charge in [-0.25, -0.2) is 4.99 Å². The quantitative estimate of drug-likeness (QED) is 0.738. The fourth-order valence-electron chi connectivity index (χ4n) is 2.91. The number of hydrogen-bond acceptors (Lipinski definition) is 5. The minimum Gasteiger partial charge on any atom is -0.484 e. The number of thioether (sulfide) groups is 1. The van der Waals surface area contributed by atoms with E-state index >= 15 is 0 Å². The third-order valence-corrected chi connectivity index (χ3v) is 5.47. The number of ether oxygens (including phenoxy) is 1. The standard InChI is InChI=1S/C22H23N3O2S/c1-16(2)19-6-3-4-7-20(19)24-22-25(12-5-13-28-22)21(26)15-27-18-10-8-17(14-23)9-11-18/h3-4,6-11,16H,5,12-13,15H2,1-2H3. The number of carbonyl (C=O) groups excluding carboxylic acids is 1. The molecule has 3 rings (SSSR count). The van der Waals surface area contributed by atoms with Crippen molar-refractivity contribution in [1.29, 1.82) is 5.26 Å². The summed E-state index contributed by atoms with van der Waals surface area (Å²) in [6, 6.07) is 16.9. The number of amides is 1. The van der Waals surface area contributed by atoms with Crippen molar-refractivity contribution >= 4 is 28.5 Å². The van der Waals surface area contributed by atoms with Gasteiger partial charge in [0.2, 0.25) is 0 Å². The predicted molar refractivity (Wildman–Crippen MR) is 113 cm³/mol. The van der Waals surface area contributed by atoms with Crippen LogP contribution in [-0.2, 0) is 4.79 Å². The molecule has 1 fully saturated rings. The van der Waals surface area contributed by atoms with Gasteiger partial charge in [0.1, 0.15) is 5.75 Å². The van der Waals surface area contributed by atoms with E-state index in [4.69, 9.17) is 15.0 Å². The van der Waals surface area contributed by atoms with E-state index in [2.05, 4.69) is 26.0 Å². The molecular weight excluding hydrogens is 370 g/mol. The van der Waals surface area contributed by atoms with Gasteiger partial charge in [-0.3, -0.25) is 9.69 Å². The molecular formula is C22H23N3O2S. The molecule has 2 aromatic carbocycles. The summed E-state index contributed by atoms with van der Waals surface area (Å²) in [5.74, 6) is 1.76. The lowest BCUT2D eigenvalue weighted by atomic mass is 10.0. The molecule has 0 spiro atoms. The largest absolute Gasteiger partial charge is 0.484 e. The van der Waals surface area contributed by atoms with Crippen LogP contribution in [0.1, 0.15) is 37.3 Å². The Morgan fingerprint density at radius 2 is 2.00 bits per heavy atom. The molecule has 0 atom stereocenters. The number of rotatable bonds is 5. The lowest BCUT2D eigenvalue weighted by Gasteiger charge is -2.28. The summed E-state index contributed by atoms with van der Waals surface area (Å²) < 4.78 is 5.62. The highest BCUT2D eigenvalue weighted by molar-refractivity contribution is 8.13. The number of aliphatic imine (C=N–C) groups is 1. The molecule has 6 heteroatoms. The van der Waals surface area contributed by atoms with Crippen LogP contribution in [0.15, 0.2) is 53.5 Å². The fraction of sp³-hybridized carbons (Fsp3) is 0.318. The fourth-order valence-corrected chi connectivity index (χ4v) is 3.88. The maximum atomic E-state index is 12.8. The number of benzene rings is 2. The normalized spacial score (nSPS) is 15.5. The Labute approximate surface area is 170 Å². The number of nitrogens with zero attached hydrogens (tertiary/aromatic N) is 3. The number of carbonyl (C=O) groups is 1. The Bertz CT molecular complexity index is 901. The summed E-state index contributed by atoms with van der Waals surface area (Å²) >= 11 is 1.60. The SMILES string of the molecule is CC(C)c1ccccc1N=C1SCCCN1C(=O)COc1ccc(C#N)cc1. The van der Waals surface area contributed by atoms with E-state index in [0.29, 0.717) is 23.8 Å². The molecule has 0 aromatic heterocycles. The molecule has 0 radical (unpaired) electrons. The van der Waals surface area contributed by atoms with E-state index in [1.165, 1.54) is 5.56 Å². The maximum absolute atomic E-state index is 12.8. The van der Waals surface area contributed by atoms with Crippen LogP contribution in [0, 0.1) is 11.3 Å². The highest BCUT2D eigenvalue weighted by Crippen LogP contribution is 2.29. The molecule has 2 aromatic rings. The topological polar surface area (TPSA) is 65.7 Å². The third-order valence-electron chi connectivity index (χ3n) is 4.41. The smallest absolute Gasteiger partial charge is 0.266 e. The third kappa shape index (κ3) is 4.93. The van der Waals surface area contributed by atoms with Crippen molar-refractivity contribution in [2.24, 2.45) is 4.99 Å². The Kier molecular flexibility index (Phi) is 6.72. The Morgan fingerprint density at radius 3 is 2.71 bits per heavy atom. The maximum Gasteiger partial charge on any atom is 0.266 e. The van der Waals surface area contributed by atoms with Crippen LogP contribution in [-0.4, -0.2) is 34.9 Å². The van der Waals surface area contributed by atoms with E-state index in [1.807, 2.05) is 18.2 Å². The van der Waals surface area contributed by atoms with Crippen LogP contribution in [0.25, 0.3) is 0 Å². The van der Waals surface area contributed by atoms with Crippen molar-refractivity contribution < 1.29 is 9.53 Å². The molecule has 1 saturated heterocycles. The van der Waals surface area contributed by atoms with E-state index in [1.54, 1.807) is 40.9 Å². The van der Waals surface area contributed by atoms with Gasteiger partial charge in [0.05, 0.1) is 17.3 Å². The van der Waals surface area contributed by atoms with Crippen LogP contribution in [0.4, 0.5) is 5.69 Å². The summed E-state index contributed by atoms with van der Waals surface area (Å²) in [5.41, 5.74) is 2.64. The molecule has 0 saturated carbocycles. The minimum absolute atomic E-state index is 0.0582. The van der Waals surface area contributed by atoms with E-state index in [-0.39, 0.29) is 12.5 Å². The van der Waals surface area contributed by atoms with E-state index < -0.39 is 0 Å². The van der Waals surface area contributed by atoms with Crippen LogP contribution in [0.5, 0.6) is 5.75 Å². The Hall–Kier alpha value is -2.78. The zero-order valence-corrected chi connectivity index (χ0v) is 16.9. The molecule has 144 valence electrons. The molecule has 1 heterocycles. The summed E-state index contributed by atoms with van der Waals surface area (Å²) in [7, 11) is 0. The first-order valence-electron chi connectivity index (χ1n) is 9.32. The van der Waals surface area contributed by atoms with Crippen molar-refractivity contribution in [2.75, 3.05) is 18.9 Å². The van der Waals surface area contributed by atoms with Gasteiger partial charge in [-0.05, 0) is 48.2 Å². The summed E-state index contributed by atoms with van der Waals surface area (Å²) in [6.45, 7) is 4.87. The molecule has 0 N–H and O–H groups in total. The first kappa shape index (κ1) is 20.0. The van der Waals surface area contributed by atoms with Gasteiger partial charge < -0.3 is 4.74 Å². The lowest BCUT2D eigenvalue weighted by Crippen LogP contribution is -2.41. The number of nitriles is 1. The molecule has 1 aliphatic rings. The molecule has 1 amide bonds. The van der Waals surface area contributed by atoms with Gasteiger partial charge in [-0.1, -0.05) is 43.8 Å². The second-order valence-electron chi connectivity index (χ2n) is 6.78. The van der Waals surface area contributed by atoms with E-state index in [9.17, 15) is 4.79 Å². The number of amidine groups is 1. The van der Waals surface area contributed by atoms with Gasteiger partial charge >= 0.3 is 0 Å². The average molecular weight is 394 g/mol. The molecule has 28 heavy (non-hydrogen) atoms. The zero-order valence-electron chi connectivity index (χ0n) is 16.1. The Morgan fingerprint density at radius 1 is 1.25 bits per heavy atom. The van der Waals surface area contributed by atoms with Gasteiger partial charge in [-0.2, -0.15) is 5.26 Å². The monoisotopic (exact) mass is 393 g/mol. The minimum atomic E-state index is -0.114. The predicted octanol–water partition coefficient (Wildman–Crippen LogP) is 4.71. The molecule has 1 aliphatic heterocycles. The number of para-hydroxylation sites is 1.